The molecule has 2 N–H and O–H groups in total. The van der Waals surface area contributed by atoms with Crippen molar-refractivity contribution in [1.29, 1.82) is 0 Å². The molecule has 0 saturated heterocycles. The first-order chi connectivity index (χ1) is 7.65. The highest BCUT2D eigenvalue weighted by Crippen LogP contribution is 2.09. The first-order valence-corrected chi connectivity index (χ1v) is 7.13. The van der Waals surface area contributed by atoms with Gasteiger partial charge in [0, 0.05) is 35.0 Å². The molecule has 0 aliphatic carbocycles. The van der Waals surface area contributed by atoms with Crippen LogP contribution in [0.15, 0.2) is 18.3 Å². The molecule has 2 atom stereocenters. The van der Waals surface area contributed by atoms with Gasteiger partial charge in [0.15, 0.2) is 0 Å². The normalized spacial score (nSPS) is 14.7. The molecule has 0 spiro atoms. The summed E-state index contributed by atoms with van der Waals surface area (Å²) in [6.07, 6.45) is 2.81. The second kappa shape index (κ2) is 6.76. The monoisotopic (exact) mass is 240 g/mol. The lowest BCUT2D eigenvalue weighted by atomic mass is 10.2. The van der Waals surface area contributed by atoms with Crippen LogP contribution in [0.2, 0.25) is 0 Å². The van der Waals surface area contributed by atoms with Crippen LogP contribution in [-0.2, 0) is 23.1 Å². The number of nitrogens with zero attached hydrogens (tertiary/aromatic N) is 1. The number of hydrogen-bond donors (Lipinski definition) is 1. The summed E-state index contributed by atoms with van der Waals surface area (Å²) in [5, 5.41) is 0. The molecule has 1 aromatic heterocycles. The molecule has 4 heteroatoms. The Balaban J connectivity index is 2.55. The van der Waals surface area contributed by atoms with Gasteiger partial charge in [0.25, 0.3) is 0 Å². The van der Waals surface area contributed by atoms with Crippen molar-refractivity contribution in [2.75, 3.05) is 5.75 Å². The molecule has 0 saturated carbocycles. The molecule has 0 aliphatic heterocycles. The maximum atomic E-state index is 11.8. The highest BCUT2D eigenvalue weighted by atomic mass is 32.2. The molecule has 90 valence electrons. The van der Waals surface area contributed by atoms with Crippen LogP contribution in [0.5, 0.6) is 0 Å². The quantitative estimate of drug-likeness (QED) is 0.825. The van der Waals surface area contributed by atoms with Crippen molar-refractivity contribution in [2.24, 2.45) is 11.7 Å². The molecule has 1 rings (SSSR count). The zero-order valence-electron chi connectivity index (χ0n) is 9.98. The number of hydrogen-bond acceptors (Lipinski definition) is 3. The summed E-state index contributed by atoms with van der Waals surface area (Å²) >= 11 is 0. The van der Waals surface area contributed by atoms with Crippen molar-refractivity contribution in [3.8, 4) is 0 Å². The fraction of sp³-hybridized carbons (Fsp3) is 0.583. The van der Waals surface area contributed by atoms with Gasteiger partial charge in [0.05, 0.1) is 5.69 Å². The van der Waals surface area contributed by atoms with E-state index >= 15 is 0 Å². The molecular formula is C12H20N2OS. The van der Waals surface area contributed by atoms with Gasteiger partial charge < -0.3 is 5.73 Å². The van der Waals surface area contributed by atoms with Gasteiger partial charge in [0.2, 0.25) is 0 Å². The van der Waals surface area contributed by atoms with Gasteiger partial charge in [-0.1, -0.05) is 20.3 Å². The van der Waals surface area contributed by atoms with Gasteiger partial charge in [0.1, 0.15) is 0 Å². The van der Waals surface area contributed by atoms with Crippen LogP contribution in [0, 0.1) is 5.92 Å². The summed E-state index contributed by atoms with van der Waals surface area (Å²) < 4.78 is 11.8. The van der Waals surface area contributed by atoms with Gasteiger partial charge in [-0.3, -0.25) is 9.19 Å². The minimum atomic E-state index is -0.780. The molecule has 0 bridgehead atoms. The Kier molecular flexibility index (Phi) is 5.63. The third-order valence-corrected chi connectivity index (χ3v) is 4.18. The largest absolute Gasteiger partial charge is 0.325 e. The summed E-state index contributed by atoms with van der Waals surface area (Å²) in [5.74, 6) is 1.91. The third kappa shape index (κ3) is 4.41. The topological polar surface area (TPSA) is 56.0 Å². The Morgan fingerprint density at radius 1 is 1.56 bits per heavy atom. The molecule has 3 nitrogen and oxygen atoms in total. The van der Waals surface area contributed by atoms with Gasteiger partial charge in [-0.05, 0) is 23.6 Å². The van der Waals surface area contributed by atoms with E-state index in [9.17, 15) is 4.21 Å². The molecule has 1 heterocycles. The Labute approximate surface area is 99.9 Å². The lowest BCUT2D eigenvalue weighted by Gasteiger charge is -2.08. The molecule has 0 aliphatic rings. The average Bonchev–Trinajstić information content (AvgIpc) is 2.28. The summed E-state index contributed by atoms with van der Waals surface area (Å²) in [6, 6.07) is 3.85. The van der Waals surface area contributed by atoms with E-state index in [-0.39, 0.29) is 0 Å². The predicted molar refractivity (Wildman–Crippen MR) is 68.3 cm³/mol. The summed E-state index contributed by atoms with van der Waals surface area (Å²) in [4.78, 5) is 4.12. The van der Waals surface area contributed by atoms with E-state index in [2.05, 4.69) is 18.8 Å². The lowest BCUT2D eigenvalue weighted by molar-refractivity contribution is 0.615. The number of rotatable bonds is 6. The summed E-state index contributed by atoms with van der Waals surface area (Å²) in [7, 11) is -0.780. The standard InChI is InChI=1S/C12H20N2OS/c1-3-10(2)8-16(15)9-11-4-5-14-12(6-11)7-13/h4-6,10H,3,7-9,13H2,1-2H3. The fourth-order valence-corrected chi connectivity index (χ4v) is 2.95. The van der Waals surface area contributed by atoms with Gasteiger partial charge in [-0.2, -0.15) is 0 Å². The average molecular weight is 240 g/mol. The SMILES string of the molecule is CCC(C)CS(=O)Cc1ccnc(CN)c1. The Morgan fingerprint density at radius 3 is 2.94 bits per heavy atom. The second-order valence-electron chi connectivity index (χ2n) is 4.12. The predicted octanol–water partition coefficient (Wildman–Crippen LogP) is 1.84. The van der Waals surface area contributed by atoms with E-state index in [0.717, 1.165) is 23.4 Å². The van der Waals surface area contributed by atoms with E-state index in [4.69, 9.17) is 5.73 Å². The minimum Gasteiger partial charge on any atom is -0.325 e. The van der Waals surface area contributed by atoms with Crippen molar-refractivity contribution in [1.82, 2.24) is 4.98 Å². The molecule has 0 aromatic carbocycles. The van der Waals surface area contributed by atoms with E-state index in [1.54, 1.807) is 6.20 Å². The van der Waals surface area contributed by atoms with Crippen molar-refractivity contribution >= 4 is 10.8 Å². The summed E-state index contributed by atoms with van der Waals surface area (Å²) in [5.41, 5.74) is 7.44. The first-order valence-electron chi connectivity index (χ1n) is 5.64. The van der Waals surface area contributed by atoms with Gasteiger partial charge >= 0.3 is 0 Å². The Hall–Kier alpha value is -0.740. The van der Waals surface area contributed by atoms with Crippen LogP contribution >= 0.6 is 0 Å². The highest BCUT2D eigenvalue weighted by Gasteiger charge is 2.07. The van der Waals surface area contributed by atoms with Crippen LogP contribution in [0.25, 0.3) is 0 Å². The van der Waals surface area contributed by atoms with E-state index in [1.807, 2.05) is 12.1 Å². The van der Waals surface area contributed by atoms with Gasteiger partial charge in [-0.25, -0.2) is 0 Å². The zero-order valence-corrected chi connectivity index (χ0v) is 10.8. The smallest absolute Gasteiger partial charge is 0.0542 e. The minimum absolute atomic E-state index is 0.436. The zero-order chi connectivity index (χ0) is 12.0. The van der Waals surface area contributed by atoms with Crippen molar-refractivity contribution in [3.63, 3.8) is 0 Å². The van der Waals surface area contributed by atoms with Crippen LogP contribution in [-0.4, -0.2) is 14.9 Å². The molecule has 0 radical (unpaired) electrons. The first kappa shape index (κ1) is 13.3. The van der Waals surface area contributed by atoms with E-state index in [0.29, 0.717) is 18.2 Å². The lowest BCUT2D eigenvalue weighted by Crippen LogP contribution is -2.09. The van der Waals surface area contributed by atoms with Crippen LogP contribution in [0.4, 0.5) is 0 Å². The maximum absolute atomic E-state index is 11.8. The molecule has 2 unspecified atom stereocenters. The molecule has 0 fully saturated rings. The van der Waals surface area contributed by atoms with Crippen molar-refractivity contribution < 1.29 is 4.21 Å². The molecular weight excluding hydrogens is 220 g/mol. The molecule has 16 heavy (non-hydrogen) atoms. The van der Waals surface area contributed by atoms with Crippen molar-refractivity contribution in [3.05, 3.63) is 29.6 Å². The second-order valence-corrected chi connectivity index (χ2v) is 5.63. The fourth-order valence-electron chi connectivity index (χ4n) is 1.41. The number of nitrogens with two attached hydrogens (primary N) is 1. The number of aromatic nitrogens is 1. The molecule has 0 amide bonds. The van der Waals surface area contributed by atoms with Crippen LogP contribution < -0.4 is 5.73 Å². The van der Waals surface area contributed by atoms with Crippen molar-refractivity contribution in [2.45, 2.75) is 32.6 Å². The molecule has 1 aromatic rings. The Bertz CT molecular complexity index is 355. The van der Waals surface area contributed by atoms with E-state index < -0.39 is 10.8 Å². The van der Waals surface area contributed by atoms with Crippen LogP contribution in [0.3, 0.4) is 0 Å². The third-order valence-electron chi connectivity index (χ3n) is 2.59. The van der Waals surface area contributed by atoms with E-state index in [1.165, 1.54) is 0 Å². The maximum Gasteiger partial charge on any atom is 0.0542 e. The Morgan fingerprint density at radius 2 is 2.31 bits per heavy atom. The van der Waals surface area contributed by atoms with Crippen LogP contribution in [0.1, 0.15) is 31.5 Å². The number of pyridine rings is 1. The highest BCUT2D eigenvalue weighted by molar-refractivity contribution is 7.84. The summed E-state index contributed by atoms with van der Waals surface area (Å²) in [6.45, 7) is 4.70. The van der Waals surface area contributed by atoms with Gasteiger partial charge in [-0.15, -0.1) is 0 Å².